The van der Waals surface area contributed by atoms with Crippen LogP contribution in [0.5, 0.6) is 0 Å². The summed E-state index contributed by atoms with van der Waals surface area (Å²) in [7, 11) is 0. The molecule has 2 unspecified atom stereocenters. The highest BCUT2D eigenvalue weighted by molar-refractivity contribution is 5.81. The Labute approximate surface area is 171 Å². The molecule has 1 amide bonds. The van der Waals surface area contributed by atoms with Crippen LogP contribution in [0.15, 0.2) is 18.2 Å². The number of fused-ring (bicyclic) bond motifs is 1. The van der Waals surface area contributed by atoms with Crippen molar-refractivity contribution in [3.05, 3.63) is 35.4 Å². The molecule has 5 atom stereocenters. The first-order valence-electron chi connectivity index (χ1n) is 11.1. The Morgan fingerprint density at radius 2 is 1.86 bits per heavy atom. The van der Waals surface area contributed by atoms with Gasteiger partial charge in [0.15, 0.2) is 0 Å². The minimum Gasteiger partial charge on any atom is -0.372 e. The second kappa shape index (κ2) is 7.62. The van der Waals surface area contributed by atoms with Gasteiger partial charge in [-0.15, -0.1) is 0 Å². The largest absolute Gasteiger partial charge is 0.372 e. The van der Waals surface area contributed by atoms with E-state index in [0.29, 0.717) is 36.1 Å². The number of amides is 1. The third-order valence-corrected chi connectivity index (χ3v) is 7.48. The van der Waals surface area contributed by atoms with Crippen LogP contribution in [-0.2, 0) is 9.53 Å². The van der Waals surface area contributed by atoms with Crippen LogP contribution in [-0.4, -0.2) is 42.6 Å². The van der Waals surface area contributed by atoms with Crippen molar-refractivity contribution >= 4 is 5.91 Å². The second-order valence-corrected chi connectivity index (χ2v) is 9.71. The number of benzene rings is 1. The molecule has 2 aliphatic heterocycles. The first kappa shape index (κ1) is 19.4. The van der Waals surface area contributed by atoms with Crippen LogP contribution in [0.4, 0.5) is 8.78 Å². The van der Waals surface area contributed by atoms with Crippen molar-refractivity contribution in [2.75, 3.05) is 19.7 Å². The van der Waals surface area contributed by atoms with Crippen molar-refractivity contribution in [3.8, 4) is 0 Å². The van der Waals surface area contributed by atoms with E-state index in [9.17, 15) is 13.6 Å². The first-order valence-corrected chi connectivity index (χ1v) is 11.1. The van der Waals surface area contributed by atoms with Gasteiger partial charge < -0.3 is 10.1 Å². The monoisotopic (exact) mass is 404 g/mol. The highest BCUT2D eigenvalue weighted by Crippen LogP contribution is 2.42. The van der Waals surface area contributed by atoms with Gasteiger partial charge in [-0.3, -0.25) is 9.69 Å². The van der Waals surface area contributed by atoms with E-state index in [-0.39, 0.29) is 23.8 Å². The van der Waals surface area contributed by atoms with Gasteiger partial charge in [0.1, 0.15) is 11.6 Å². The molecule has 6 heteroatoms. The van der Waals surface area contributed by atoms with Gasteiger partial charge in [-0.05, 0) is 68.1 Å². The number of halogens is 2. The van der Waals surface area contributed by atoms with Gasteiger partial charge in [-0.25, -0.2) is 8.78 Å². The van der Waals surface area contributed by atoms with Crippen LogP contribution in [0.2, 0.25) is 0 Å². The van der Waals surface area contributed by atoms with Gasteiger partial charge in [0.05, 0.1) is 12.7 Å². The summed E-state index contributed by atoms with van der Waals surface area (Å²) in [6, 6.07) is 4.29. The van der Waals surface area contributed by atoms with Crippen LogP contribution in [0.1, 0.15) is 50.7 Å². The van der Waals surface area contributed by atoms with Gasteiger partial charge in [-0.1, -0.05) is 6.92 Å². The molecule has 1 aromatic rings. The lowest BCUT2D eigenvalue weighted by atomic mass is 9.88. The molecule has 4 aliphatic rings. The Bertz CT molecular complexity index is 770. The van der Waals surface area contributed by atoms with Crippen molar-refractivity contribution < 1.29 is 18.3 Å². The Balaban J connectivity index is 1.15. The smallest absolute Gasteiger partial charge is 0.223 e. The van der Waals surface area contributed by atoms with Gasteiger partial charge in [0.25, 0.3) is 0 Å². The summed E-state index contributed by atoms with van der Waals surface area (Å²) in [6.07, 6.45) is 4.83. The van der Waals surface area contributed by atoms with E-state index in [1.807, 2.05) is 0 Å². The Morgan fingerprint density at radius 1 is 1.14 bits per heavy atom. The molecule has 0 bridgehead atoms. The van der Waals surface area contributed by atoms with Gasteiger partial charge >= 0.3 is 0 Å². The van der Waals surface area contributed by atoms with Crippen molar-refractivity contribution in [1.29, 1.82) is 0 Å². The lowest BCUT2D eigenvalue weighted by molar-refractivity contribution is -0.123. The predicted molar refractivity (Wildman–Crippen MR) is 105 cm³/mol. The van der Waals surface area contributed by atoms with E-state index in [2.05, 4.69) is 17.1 Å². The fraction of sp³-hybridized carbons (Fsp3) is 0.696. The van der Waals surface area contributed by atoms with Gasteiger partial charge in [0, 0.05) is 36.7 Å². The highest BCUT2D eigenvalue weighted by Gasteiger charge is 2.45. The fourth-order valence-electron chi connectivity index (χ4n) is 5.80. The molecule has 1 aromatic carbocycles. The fourth-order valence-corrected chi connectivity index (χ4v) is 5.80. The third kappa shape index (κ3) is 3.93. The van der Waals surface area contributed by atoms with Crippen molar-refractivity contribution in [3.63, 3.8) is 0 Å². The van der Waals surface area contributed by atoms with Gasteiger partial charge in [-0.2, -0.15) is 0 Å². The van der Waals surface area contributed by atoms with Crippen molar-refractivity contribution in [1.82, 2.24) is 10.2 Å². The number of nitrogens with one attached hydrogen (secondary N) is 1. The molecular weight excluding hydrogens is 374 g/mol. The molecule has 2 aliphatic carbocycles. The topological polar surface area (TPSA) is 41.6 Å². The molecule has 158 valence electrons. The lowest BCUT2D eigenvalue weighted by Crippen LogP contribution is -2.44. The van der Waals surface area contributed by atoms with Crippen LogP contribution < -0.4 is 5.32 Å². The van der Waals surface area contributed by atoms with E-state index < -0.39 is 11.6 Å². The van der Waals surface area contributed by atoms with E-state index in [4.69, 9.17) is 4.74 Å². The summed E-state index contributed by atoms with van der Waals surface area (Å²) in [5.74, 6) is 1.16. The summed E-state index contributed by atoms with van der Waals surface area (Å²) < 4.78 is 33.8. The molecule has 4 nitrogen and oxygen atoms in total. The van der Waals surface area contributed by atoms with Crippen LogP contribution in [0.25, 0.3) is 0 Å². The second-order valence-electron chi connectivity index (χ2n) is 9.71. The molecule has 0 spiro atoms. The molecular formula is C23H30F2N2O2. The molecule has 5 rings (SSSR count). The number of carbonyl (C=O) groups excluding carboxylic acids is 1. The number of likely N-dealkylation sites (tertiary alicyclic amines) is 1. The molecule has 2 saturated heterocycles. The predicted octanol–water partition coefficient (Wildman–Crippen LogP) is 3.67. The first-order chi connectivity index (χ1) is 14.0. The number of rotatable bonds is 4. The summed E-state index contributed by atoms with van der Waals surface area (Å²) in [5.41, 5.74) is 0.337. The minimum atomic E-state index is -0.421. The average molecular weight is 405 g/mol. The maximum Gasteiger partial charge on any atom is 0.223 e. The Morgan fingerprint density at radius 3 is 2.52 bits per heavy atom. The van der Waals surface area contributed by atoms with Crippen LogP contribution >= 0.6 is 0 Å². The third-order valence-electron chi connectivity index (χ3n) is 7.48. The molecule has 2 heterocycles. The normalized spacial score (nSPS) is 37.5. The summed E-state index contributed by atoms with van der Waals surface area (Å²) in [5, 5.41) is 3.26. The summed E-state index contributed by atoms with van der Waals surface area (Å²) >= 11 is 0. The van der Waals surface area contributed by atoms with E-state index in [1.165, 1.54) is 12.1 Å². The molecule has 0 aromatic heterocycles. The quantitative estimate of drug-likeness (QED) is 0.833. The molecule has 1 N–H and O–H groups in total. The Kier molecular flexibility index (Phi) is 5.11. The number of hydrogen-bond donors (Lipinski definition) is 1. The number of hydrogen-bond acceptors (Lipinski definition) is 3. The van der Waals surface area contributed by atoms with Crippen LogP contribution in [0, 0.1) is 35.3 Å². The van der Waals surface area contributed by atoms with E-state index in [0.717, 1.165) is 51.3 Å². The average Bonchev–Trinajstić information content (AvgIpc) is 3.37. The summed E-state index contributed by atoms with van der Waals surface area (Å²) in [4.78, 5) is 14.6. The van der Waals surface area contributed by atoms with E-state index in [1.54, 1.807) is 0 Å². The molecule has 2 saturated carbocycles. The molecule has 29 heavy (non-hydrogen) atoms. The standard InChI is InChI=1S/C23H30F2N2O2/c1-13-6-19(12-29-22(13)20-9-17(24)4-5-21(20)25)27-10-15-7-18(8-16(15)11-27)26-23(28)14-2-3-14/h4-5,9,13-16,18-19,22H,2-3,6-8,10-12H2,1H3,(H,26,28)/t13-,15?,16?,18?,19+,22-/m0/s1. The highest BCUT2D eigenvalue weighted by atomic mass is 19.1. The molecule has 4 fully saturated rings. The lowest BCUT2D eigenvalue weighted by Gasteiger charge is -2.39. The number of ether oxygens (including phenoxy) is 1. The number of carbonyl (C=O) groups is 1. The van der Waals surface area contributed by atoms with Crippen molar-refractivity contribution in [2.45, 2.75) is 57.2 Å². The van der Waals surface area contributed by atoms with Gasteiger partial charge in [0.2, 0.25) is 5.91 Å². The zero-order chi connectivity index (χ0) is 20.1. The van der Waals surface area contributed by atoms with E-state index >= 15 is 0 Å². The zero-order valence-electron chi connectivity index (χ0n) is 16.9. The maximum absolute atomic E-state index is 14.2. The van der Waals surface area contributed by atoms with Crippen LogP contribution in [0.3, 0.4) is 0 Å². The molecule has 0 radical (unpaired) electrons. The van der Waals surface area contributed by atoms with Crippen molar-refractivity contribution in [2.24, 2.45) is 23.7 Å². The number of nitrogens with zero attached hydrogens (tertiary/aromatic N) is 1. The minimum absolute atomic E-state index is 0.135. The zero-order valence-corrected chi connectivity index (χ0v) is 16.9. The summed E-state index contributed by atoms with van der Waals surface area (Å²) in [6.45, 7) is 4.74. The maximum atomic E-state index is 14.2. The Hall–Kier alpha value is -1.53. The SMILES string of the molecule is C[C@H]1C[C@@H](N2CC3CC(NC(=O)C4CC4)CC3C2)CO[C@@H]1c1cc(F)ccc1F.